The van der Waals surface area contributed by atoms with Crippen molar-refractivity contribution in [3.63, 3.8) is 0 Å². The molecule has 1 aromatic rings. The Morgan fingerprint density at radius 3 is 2.67 bits per heavy atom. The summed E-state index contributed by atoms with van der Waals surface area (Å²) in [6.45, 7) is 7.65. The van der Waals surface area contributed by atoms with Crippen LogP contribution >= 0.6 is 11.8 Å². The van der Waals surface area contributed by atoms with E-state index in [1.807, 2.05) is 11.8 Å². The molecule has 1 N–H and O–H groups in total. The minimum Gasteiger partial charge on any atom is -0.383 e. The van der Waals surface area contributed by atoms with Crippen molar-refractivity contribution < 1.29 is 4.74 Å². The van der Waals surface area contributed by atoms with Crippen LogP contribution in [0.4, 0.5) is 0 Å². The molecular weight excluding hydrogens is 284 g/mol. The smallest absolute Gasteiger partial charge is 0.146 e. The summed E-state index contributed by atoms with van der Waals surface area (Å²) in [6.07, 6.45) is 0. The molecule has 1 saturated heterocycles. The second kappa shape index (κ2) is 8.08. The van der Waals surface area contributed by atoms with Crippen molar-refractivity contribution in [2.45, 2.75) is 26.4 Å². The van der Waals surface area contributed by atoms with Gasteiger partial charge in [0.25, 0.3) is 0 Å². The molecule has 0 saturated carbocycles. The van der Waals surface area contributed by atoms with Crippen LogP contribution in [0.5, 0.6) is 0 Å². The third kappa shape index (κ3) is 4.39. The summed E-state index contributed by atoms with van der Waals surface area (Å²) in [6, 6.07) is 0.344. The second-order valence-corrected chi connectivity index (χ2v) is 6.62. The molecule has 0 radical (unpaired) electrons. The number of hydrogen-bond acceptors (Lipinski definition) is 6. The molecule has 1 aliphatic heterocycles. The number of methoxy groups -OCH3 is 1. The van der Waals surface area contributed by atoms with Gasteiger partial charge in [0.1, 0.15) is 5.82 Å². The number of nitrogens with zero attached hydrogens (tertiary/aromatic N) is 3. The van der Waals surface area contributed by atoms with Gasteiger partial charge in [0.15, 0.2) is 0 Å². The zero-order valence-electron chi connectivity index (χ0n) is 13.5. The lowest BCUT2D eigenvalue weighted by Crippen LogP contribution is -2.34. The van der Waals surface area contributed by atoms with Crippen LogP contribution in [-0.4, -0.2) is 60.2 Å². The first-order valence-corrected chi connectivity index (χ1v) is 8.60. The van der Waals surface area contributed by atoms with Crippen LogP contribution < -0.4 is 5.32 Å². The van der Waals surface area contributed by atoms with Gasteiger partial charge in [0.2, 0.25) is 0 Å². The first-order valence-electron chi connectivity index (χ1n) is 7.45. The molecule has 1 unspecified atom stereocenters. The number of aryl methyl sites for hydroxylation is 2. The largest absolute Gasteiger partial charge is 0.383 e. The van der Waals surface area contributed by atoms with E-state index in [4.69, 9.17) is 14.7 Å². The van der Waals surface area contributed by atoms with Crippen LogP contribution in [-0.2, 0) is 11.3 Å². The lowest BCUT2D eigenvalue weighted by molar-refractivity contribution is 0.199. The van der Waals surface area contributed by atoms with E-state index in [1.54, 1.807) is 7.11 Å². The van der Waals surface area contributed by atoms with Crippen LogP contribution in [0.2, 0.25) is 0 Å². The van der Waals surface area contributed by atoms with Gasteiger partial charge < -0.3 is 10.1 Å². The van der Waals surface area contributed by atoms with Gasteiger partial charge in [-0.25, -0.2) is 9.97 Å². The fourth-order valence-corrected chi connectivity index (χ4v) is 3.73. The average Bonchev–Trinajstić information content (AvgIpc) is 2.46. The van der Waals surface area contributed by atoms with E-state index in [1.165, 1.54) is 11.3 Å². The normalized spacial score (nSPS) is 19.9. The number of hydrogen-bond donors (Lipinski definition) is 1. The van der Waals surface area contributed by atoms with Crippen LogP contribution in [0.3, 0.4) is 0 Å². The Bertz CT molecular complexity index is 446. The molecule has 0 spiro atoms. The van der Waals surface area contributed by atoms with Crippen molar-refractivity contribution in [1.29, 1.82) is 0 Å². The van der Waals surface area contributed by atoms with E-state index in [-0.39, 0.29) is 0 Å². The number of nitrogens with one attached hydrogen (secondary N) is 1. The Balaban J connectivity index is 2.09. The molecule has 2 heterocycles. The van der Waals surface area contributed by atoms with E-state index in [9.17, 15) is 0 Å². The van der Waals surface area contributed by atoms with E-state index >= 15 is 0 Å². The zero-order chi connectivity index (χ0) is 15.2. The molecule has 6 heteroatoms. The minimum absolute atomic E-state index is 0.344. The lowest BCUT2D eigenvalue weighted by Gasteiger charge is -2.31. The maximum Gasteiger partial charge on any atom is 0.146 e. The van der Waals surface area contributed by atoms with Crippen molar-refractivity contribution in [2.75, 3.05) is 45.4 Å². The van der Waals surface area contributed by atoms with Gasteiger partial charge in [-0.05, 0) is 20.9 Å². The summed E-state index contributed by atoms with van der Waals surface area (Å²) < 4.78 is 5.05. The summed E-state index contributed by atoms with van der Waals surface area (Å²) in [5, 5.41) is 3.37. The molecule has 1 atom stereocenters. The van der Waals surface area contributed by atoms with Gasteiger partial charge >= 0.3 is 0 Å². The summed E-state index contributed by atoms with van der Waals surface area (Å²) >= 11 is 1.99. The SMILES string of the molecule is COCCNCc1c(C)nc(C2CSCCN2C)nc1C. The third-order valence-corrected chi connectivity index (χ3v) is 4.94. The highest BCUT2D eigenvalue weighted by Crippen LogP contribution is 2.26. The van der Waals surface area contributed by atoms with E-state index in [0.717, 1.165) is 49.2 Å². The van der Waals surface area contributed by atoms with E-state index in [2.05, 4.69) is 31.1 Å². The summed E-state index contributed by atoms with van der Waals surface area (Å²) in [4.78, 5) is 11.9. The summed E-state index contributed by atoms with van der Waals surface area (Å²) in [5.41, 5.74) is 3.39. The van der Waals surface area contributed by atoms with Crippen LogP contribution in [0.25, 0.3) is 0 Å². The topological polar surface area (TPSA) is 50.3 Å². The van der Waals surface area contributed by atoms with Crippen molar-refractivity contribution in [1.82, 2.24) is 20.2 Å². The van der Waals surface area contributed by atoms with Crippen molar-refractivity contribution >= 4 is 11.8 Å². The van der Waals surface area contributed by atoms with Gasteiger partial charge in [-0.1, -0.05) is 0 Å². The van der Waals surface area contributed by atoms with Gasteiger partial charge in [-0.2, -0.15) is 11.8 Å². The maximum atomic E-state index is 5.05. The van der Waals surface area contributed by atoms with Crippen molar-refractivity contribution in [2.24, 2.45) is 0 Å². The van der Waals surface area contributed by atoms with Crippen LogP contribution in [0.1, 0.15) is 28.8 Å². The first-order chi connectivity index (χ1) is 10.1. The predicted molar refractivity (Wildman–Crippen MR) is 87.8 cm³/mol. The molecule has 21 heavy (non-hydrogen) atoms. The van der Waals surface area contributed by atoms with Crippen LogP contribution in [0, 0.1) is 13.8 Å². The monoisotopic (exact) mass is 310 g/mol. The Hall–Kier alpha value is -0.690. The predicted octanol–water partition coefficient (Wildman–Crippen LogP) is 1.55. The fourth-order valence-electron chi connectivity index (χ4n) is 2.52. The lowest BCUT2D eigenvalue weighted by atomic mass is 10.1. The quantitative estimate of drug-likeness (QED) is 0.805. The molecule has 0 amide bonds. The molecular formula is C15H26N4OS. The summed E-state index contributed by atoms with van der Waals surface area (Å²) in [7, 11) is 3.88. The molecule has 0 aromatic carbocycles. The molecule has 0 bridgehead atoms. The number of rotatable bonds is 6. The molecule has 1 aliphatic rings. The fraction of sp³-hybridized carbons (Fsp3) is 0.733. The molecule has 1 aromatic heterocycles. The molecule has 118 valence electrons. The Kier molecular flexibility index (Phi) is 6.41. The molecule has 2 rings (SSSR count). The standard InChI is InChI=1S/C15H26N4OS/c1-11-13(9-16-5-7-20-4)12(2)18-15(17-11)14-10-21-8-6-19(14)3/h14,16H,5-10H2,1-4H3. The highest BCUT2D eigenvalue weighted by atomic mass is 32.2. The van der Waals surface area contributed by atoms with E-state index in [0.29, 0.717) is 6.04 Å². The van der Waals surface area contributed by atoms with Crippen LogP contribution in [0.15, 0.2) is 0 Å². The number of aromatic nitrogens is 2. The minimum atomic E-state index is 0.344. The van der Waals surface area contributed by atoms with Gasteiger partial charge in [0.05, 0.1) is 12.6 Å². The van der Waals surface area contributed by atoms with E-state index < -0.39 is 0 Å². The Morgan fingerprint density at radius 2 is 2.05 bits per heavy atom. The molecule has 0 aliphatic carbocycles. The highest BCUT2D eigenvalue weighted by molar-refractivity contribution is 7.99. The summed E-state index contributed by atoms with van der Waals surface area (Å²) in [5.74, 6) is 3.26. The first kappa shape index (κ1) is 16.7. The van der Waals surface area contributed by atoms with Gasteiger partial charge in [0, 0.05) is 55.2 Å². The molecule has 1 fully saturated rings. The third-order valence-electron chi connectivity index (χ3n) is 3.92. The molecule has 5 nitrogen and oxygen atoms in total. The van der Waals surface area contributed by atoms with Crippen molar-refractivity contribution in [3.8, 4) is 0 Å². The van der Waals surface area contributed by atoms with Gasteiger partial charge in [-0.15, -0.1) is 0 Å². The zero-order valence-corrected chi connectivity index (χ0v) is 14.3. The number of ether oxygens (including phenoxy) is 1. The Morgan fingerprint density at radius 1 is 1.33 bits per heavy atom. The average molecular weight is 310 g/mol. The van der Waals surface area contributed by atoms with Crippen molar-refractivity contribution in [3.05, 3.63) is 22.8 Å². The second-order valence-electron chi connectivity index (χ2n) is 5.47. The number of thioether (sulfide) groups is 1. The Labute approximate surface area is 131 Å². The highest BCUT2D eigenvalue weighted by Gasteiger charge is 2.24. The van der Waals surface area contributed by atoms with Gasteiger partial charge in [-0.3, -0.25) is 4.90 Å². The maximum absolute atomic E-state index is 5.05.